The Hall–Kier alpha value is -1.99. The van der Waals surface area contributed by atoms with Gasteiger partial charge in [0.2, 0.25) is 0 Å². The van der Waals surface area contributed by atoms with Gasteiger partial charge in [-0.3, -0.25) is 10.6 Å². The maximum Gasteiger partial charge on any atom is 0.272 e. The SMILES string of the molecule is CC(C)c1ncc(NN)c(C(=O)NC(C)c2cccs2)n1. The third-order valence-corrected chi connectivity index (χ3v) is 4.07. The minimum absolute atomic E-state index is 0.0828. The van der Waals surface area contributed by atoms with Crippen molar-refractivity contribution < 1.29 is 4.79 Å². The highest BCUT2D eigenvalue weighted by molar-refractivity contribution is 7.10. The van der Waals surface area contributed by atoms with Crippen LogP contribution >= 0.6 is 11.3 Å². The van der Waals surface area contributed by atoms with Gasteiger partial charge in [0, 0.05) is 10.8 Å². The number of nitrogens with one attached hydrogen (secondary N) is 2. The molecule has 7 heteroatoms. The average Bonchev–Trinajstić information content (AvgIpc) is 3.00. The molecule has 1 atom stereocenters. The van der Waals surface area contributed by atoms with Crippen LogP contribution in [0.3, 0.4) is 0 Å². The number of amides is 1. The largest absolute Gasteiger partial charge is 0.343 e. The van der Waals surface area contributed by atoms with E-state index in [2.05, 4.69) is 20.7 Å². The van der Waals surface area contributed by atoms with Crippen molar-refractivity contribution in [2.45, 2.75) is 32.7 Å². The third-order valence-electron chi connectivity index (χ3n) is 3.01. The first-order valence-electron chi connectivity index (χ1n) is 6.70. The molecule has 0 aliphatic carbocycles. The van der Waals surface area contributed by atoms with E-state index >= 15 is 0 Å². The van der Waals surface area contributed by atoms with Crippen LogP contribution in [0.5, 0.6) is 0 Å². The van der Waals surface area contributed by atoms with Crippen molar-refractivity contribution in [3.8, 4) is 0 Å². The highest BCUT2D eigenvalue weighted by atomic mass is 32.1. The Bertz CT molecular complexity index is 612. The Morgan fingerprint density at radius 3 is 2.71 bits per heavy atom. The Morgan fingerprint density at radius 1 is 1.38 bits per heavy atom. The Kier molecular flexibility index (Phi) is 4.87. The number of carbonyl (C=O) groups excluding carboxylic acids is 1. The van der Waals surface area contributed by atoms with Crippen molar-refractivity contribution in [1.82, 2.24) is 15.3 Å². The molecule has 2 rings (SSSR count). The zero-order valence-corrected chi connectivity index (χ0v) is 13.1. The Labute approximate surface area is 127 Å². The predicted octanol–water partition coefficient (Wildman–Crippen LogP) is 2.44. The van der Waals surface area contributed by atoms with Crippen LogP contribution in [0.1, 0.15) is 53.9 Å². The molecule has 0 aliphatic rings. The quantitative estimate of drug-likeness (QED) is 0.583. The molecule has 0 bridgehead atoms. The smallest absolute Gasteiger partial charge is 0.272 e. The van der Waals surface area contributed by atoms with Crippen molar-refractivity contribution in [1.29, 1.82) is 0 Å². The summed E-state index contributed by atoms with van der Waals surface area (Å²) >= 11 is 1.60. The average molecular weight is 305 g/mol. The third kappa shape index (κ3) is 3.56. The molecule has 0 aliphatic heterocycles. The van der Waals surface area contributed by atoms with Crippen LogP contribution in [0, 0.1) is 0 Å². The van der Waals surface area contributed by atoms with Gasteiger partial charge in [-0.15, -0.1) is 11.3 Å². The van der Waals surface area contributed by atoms with E-state index in [4.69, 9.17) is 5.84 Å². The number of rotatable bonds is 5. The summed E-state index contributed by atoms with van der Waals surface area (Å²) in [5, 5.41) is 4.90. The first-order valence-corrected chi connectivity index (χ1v) is 7.58. The number of carbonyl (C=O) groups is 1. The fourth-order valence-electron chi connectivity index (χ4n) is 1.83. The van der Waals surface area contributed by atoms with Crippen LogP contribution in [0.2, 0.25) is 0 Å². The predicted molar refractivity (Wildman–Crippen MR) is 84.1 cm³/mol. The molecule has 0 saturated heterocycles. The van der Waals surface area contributed by atoms with E-state index in [1.54, 1.807) is 11.3 Å². The van der Waals surface area contributed by atoms with Crippen molar-refractivity contribution in [2.75, 3.05) is 5.43 Å². The highest BCUT2D eigenvalue weighted by Gasteiger charge is 2.18. The summed E-state index contributed by atoms with van der Waals surface area (Å²) in [6, 6.07) is 3.86. The van der Waals surface area contributed by atoms with Crippen LogP contribution in [0.15, 0.2) is 23.7 Å². The summed E-state index contributed by atoms with van der Waals surface area (Å²) < 4.78 is 0. The summed E-state index contributed by atoms with van der Waals surface area (Å²) in [6.07, 6.45) is 1.53. The van der Waals surface area contributed by atoms with Gasteiger partial charge in [-0.2, -0.15) is 0 Å². The fourth-order valence-corrected chi connectivity index (χ4v) is 2.56. The summed E-state index contributed by atoms with van der Waals surface area (Å²) in [5.41, 5.74) is 3.14. The van der Waals surface area contributed by atoms with Crippen molar-refractivity contribution >= 4 is 22.9 Å². The van der Waals surface area contributed by atoms with E-state index in [9.17, 15) is 4.79 Å². The normalized spacial score (nSPS) is 12.2. The summed E-state index contributed by atoms with van der Waals surface area (Å²) in [5.74, 6) is 5.91. The van der Waals surface area contributed by atoms with Gasteiger partial charge in [-0.1, -0.05) is 19.9 Å². The second kappa shape index (κ2) is 6.64. The molecular weight excluding hydrogens is 286 g/mol. The van der Waals surface area contributed by atoms with Crippen LogP contribution in [-0.4, -0.2) is 15.9 Å². The zero-order chi connectivity index (χ0) is 15.4. The topological polar surface area (TPSA) is 92.9 Å². The van der Waals surface area contributed by atoms with Crippen molar-refractivity contribution in [3.05, 3.63) is 40.1 Å². The van der Waals surface area contributed by atoms with E-state index < -0.39 is 0 Å². The number of nitrogen functional groups attached to an aromatic ring is 1. The highest BCUT2D eigenvalue weighted by Crippen LogP contribution is 2.20. The lowest BCUT2D eigenvalue weighted by molar-refractivity contribution is 0.0936. The lowest BCUT2D eigenvalue weighted by Crippen LogP contribution is -2.29. The molecule has 2 aromatic rings. The van der Waals surface area contributed by atoms with E-state index in [0.29, 0.717) is 11.5 Å². The van der Waals surface area contributed by atoms with Gasteiger partial charge in [-0.05, 0) is 18.4 Å². The molecule has 0 spiro atoms. The molecule has 0 fully saturated rings. The molecule has 0 aromatic carbocycles. The first kappa shape index (κ1) is 15.4. The number of hydrogen-bond donors (Lipinski definition) is 3. The van der Waals surface area contributed by atoms with Gasteiger partial charge in [0.1, 0.15) is 5.82 Å². The van der Waals surface area contributed by atoms with Crippen molar-refractivity contribution in [3.63, 3.8) is 0 Å². The number of nitrogens with two attached hydrogens (primary N) is 1. The second-order valence-electron chi connectivity index (χ2n) is 5.00. The Balaban J connectivity index is 2.23. The Morgan fingerprint density at radius 2 is 2.14 bits per heavy atom. The molecule has 4 N–H and O–H groups in total. The van der Waals surface area contributed by atoms with E-state index in [0.717, 1.165) is 4.88 Å². The van der Waals surface area contributed by atoms with Crippen LogP contribution in [-0.2, 0) is 0 Å². The van der Waals surface area contributed by atoms with Gasteiger partial charge >= 0.3 is 0 Å². The number of thiophene rings is 1. The molecular formula is C14H19N5OS. The van der Waals surface area contributed by atoms with Crippen LogP contribution < -0.4 is 16.6 Å². The molecule has 6 nitrogen and oxygen atoms in total. The van der Waals surface area contributed by atoms with Gasteiger partial charge in [-0.25, -0.2) is 9.97 Å². The fraction of sp³-hybridized carbons (Fsp3) is 0.357. The lowest BCUT2D eigenvalue weighted by Gasteiger charge is -2.15. The number of nitrogens with zero attached hydrogens (tertiary/aromatic N) is 2. The van der Waals surface area contributed by atoms with E-state index in [1.165, 1.54) is 6.20 Å². The number of anilines is 1. The molecule has 2 heterocycles. The van der Waals surface area contributed by atoms with E-state index in [1.807, 2.05) is 38.3 Å². The molecule has 0 radical (unpaired) electrons. The van der Waals surface area contributed by atoms with Crippen molar-refractivity contribution in [2.24, 2.45) is 5.84 Å². The van der Waals surface area contributed by atoms with Crippen LogP contribution in [0.25, 0.3) is 0 Å². The van der Waals surface area contributed by atoms with E-state index in [-0.39, 0.29) is 23.6 Å². The maximum atomic E-state index is 12.4. The maximum absolute atomic E-state index is 12.4. The van der Waals surface area contributed by atoms with Gasteiger partial charge in [0.05, 0.1) is 17.9 Å². The van der Waals surface area contributed by atoms with Crippen LogP contribution in [0.4, 0.5) is 5.69 Å². The van der Waals surface area contributed by atoms with Gasteiger partial charge in [0.25, 0.3) is 5.91 Å². The molecule has 1 amide bonds. The first-order chi connectivity index (χ1) is 10.0. The second-order valence-corrected chi connectivity index (χ2v) is 5.98. The minimum Gasteiger partial charge on any atom is -0.343 e. The monoisotopic (exact) mass is 305 g/mol. The summed E-state index contributed by atoms with van der Waals surface area (Å²) in [6.45, 7) is 5.88. The summed E-state index contributed by atoms with van der Waals surface area (Å²) in [7, 11) is 0. The molecule has 0 saturated carbocycles. The number of hydrogen-bond acceptors (Lipinski definition) is 6. The zero-order valence-electron chi connectivity index (χ0n) is 12.3. The van der Waals surface area contributed by atoms with Gasteiger partial charge < -0.3 is 10.7 Å². The standard InChI is InChI=1S/C14H19N5OS/c1-8(2)13-16-7-10(19-15)12(18-13)14(20)17-9(3)11-5-4-6-21-11/h4-9,19H,15H2,1-3H3,(H,17,20). The lowest BCUT2D eigenvalue weighted by atomic mass is 10.2. The molecule has 21 heavy (non-hydrogen) atoms. The molecule has 2 aromatic heterocycles. The minimum atomic E-state index is -0.270. The summed E-state index contributed by atoms with van der Waals surface area (Å²) in [4.78, 5) is 22.0. The number of hydrazine groups is 1. The van der Waals surface area contributed by atoms with Gasteiger partial charge in [0.15, 0.2) is 5.69 Å². The molecule has 1 unspecified atom stereocenters. The number of aromatic nitrogens is 2. The molecule has 112 valence electrons.